The third kappa shape index (κ3) is 5.07. The molecule has 3 N–H and O–H groups in total. The van der Waals surface area contributed by atoms with Crippen molar-refractivity contribution in [2.24, 2.45) is 0 Å². The fourth-order valence-corrected chi connectivity index (χ4v) is 4.94. The van der Waals surface area contributed by atoms with Crippen molar-refractivity contribution in [2.45, 2.75) is 56.7 Å². The first kappa shape index (κ1) is 23.8. The highest BCUT2D eigenvalue weighted by Crippen LogP contribution is 2.44. The maximum Gasteiger partial charge on any atom is 0.407 e. The number of rotatable bonds is 8. The number of ether oxygens (including phenoxy) is 1. The first-order valence-electron chi connectivity index (χ1n) is 11.7. The lowest BCUT2D eigenvalue weighted by molar-refractivity contribution is -0.148. The van der Waals surface area contributed by atoms with Crippen LogP contribution in [0.3, 0.4) is 0 Å². The van der Waals surface area contributed by atoms with Crippen molar-refractivity contribution in [3.05, 3.63) is 59.7 Å². The van der Waals surface area contributed by atoms with Crippen LogP contribution in [0.25, 0.3) is 11.1 Å². The standard InChI is InChI=1S/C26H30N2O6/c1-16(7-6-12-24(30)28-14-17(29)13-23(28)25(31)32)27-26(33)34-15-22-20-10-4-2-8-18(20)19-9-3-5-11-21(19)22/h2-5,8-11,16-17,22-23,29H,6-7,12-15H2,1H3,(H,27,33)(H,31,32)/t16?,17?,23-/m0/s1. The molecule has 1 saturated heterocycles. The van der Waals surface area contributed by atoms with E-state index in [1.165, 1.54) is 16.0 Å². The van der Waals surface area contributed by atoms with E-state index in [4.69, 9.17) is 4.74 Å². The molecule has 2 amide bonds. The number of benzene rings is 2. The second-order valence-electron chi connectivity index (χ2n) is 9.05. The van der Waals surface area contributed by atoms with Crippen LogP contribution in [0.1, 0.15) is 49.7 Å². The zero-order chi connectivity index (χ0) is 24.2. The predicted octanol–water partition coefficient (Wildman–Crippen LogP) is 3.13. The molecular weight excluding hydrogens is 436 g/mol. The largest absolute Gasteiger partial charge is 0.480 e. The number of carbonyl (C=O) groups excluding carboxylic acids is 2. The van der Waals surface area contributed by atoms with E-state index in [1.54, 1.807) is 0 Å². The van der Waals surface area contributed by atoms with E-state index >= 15 is 0 Å². The van der Waals surface area contributed by atoms with Crippen molar-refractivity contribution in [2.75, 3.05) is 13.2 Å². The van der Waals surface area contributed by atoms with Gasteiger partial charge in [-0.1, -0.05) is 48.5 Å². The number of carboxylic acids is 1. The van der Waals surface area contributed by atoms with Gasteiger partial charge in [-0.25, -0.2) is 9.59 Å². The number of nitrogens with one attached hydrogen (secondary N) is 1. The summed E-state index contributed by atoms with van der Waals surface area (Å²) < 4.78 is 5.55. The molecule has 3 atom stereocenters. The van der Waals surface area contributed by atoms with Crippen molar-refractivity contribution in [3.63, 3.8) is 0 Å². The molecule has 4 rings (SSSR count). The monoisotopic (exact) mass is 466 g/mol. The Kier molecular flexibility index (Phi) is 7.17. The summed E-state index contributed by atoms with van der Waals surface area (Å²) in [6.45, 7) is 2.12. The van der Waals surface area contributed by atoms with Crippen molar-refractivity contribution in [1.82, 2.24) is 10.2 Å². The zero-order valence-electron chi connectivity index (χ0n) is 19.1. The number of likely N-dealkylation sites (tertiary alicyclic amines) is 1. The van der Waals surface area contributed by atoms with Gasteiger partial charge in [0.1, 0.15) is 12.6 Å². The summed E-state index contributed by atoms with van der Waals surface area (Å²) in [5.74, 6) is -1.41. The van der Waals surface area contributed by atoms with Gasteiger partial charge >= 0.3 is 12.1 Å². The van der Waals surface area contributed by atoms with Gasteiger partial charge in [-0.15, -0.1) is 0 Å². The average Bonchev–Trinajstić information content (AvgIpc) is 3.36. The van der Waals surface area contributed by atoms with E-state index in [0.29, 0.717) is 12.8 Å². The number of aliphatic hydroxyl groups is 1. The predicted molar refractivity (Wildman–Crippen MR) is 125 cm³/mol. The maximum atomic E-state index is 12.4. The summed E-state index contributed by atoms with van der Waals surface area (Å²) in [6.07, 6.45) is -0.0609. The zero-order valence-corrected chi connectivity index (χ0v) is 19.1. The van der Waals surface area contributed by atoms with Crippen LogP contribution < -0.4 is 5.32 Å². The quantitative estimate of drug-likeness (QED) is 0.551. The number of hydrogen-bond donors (Lipinski definition) is 3. The van der Waals surface area contributed by atoms with Gasteiger partial charge in [0.25, 0.3) is 0 Å². The number of aliphatic carboxylic acids is 1. The number of aliphatic hydroxyl groups excluding tert-OH is 1. The third-order valence-corrected chi connectivity index (χ3v) is 6.62. The van der Waals surface area contributed by atoms with Crippen LogP contribution in [-0.4, -0.2) is 64.4 Å². The van der Waals surface area contributed by atoms with Gasteiger partial charge < -0.3 is 25.2 Å². The van der Waals surface area contributed by atoms with E-state index in [2.05, 4.69) is 29.6 Å². The number of hydrogen-bond acceptors (Lipinski definition) is 5. The first-order valence-corrected chi connectivity index (χ1v) is 11.7. The molecule has 180 valence electrons. The molecule has 1 heterocycles. The van der Waals surface area contributed by atoms with Crippen LogP contribution in [0.15, 0.2) is 48.5 Å². The lowest BCUT2D eigenvalue weighted by Crippen LogP contribution is -2.40. The molecule has 0 saturated carbocycles. The van der Waals surface area contributed by atoms with Crippen LogP contribution >= 0.6 is 0 Å². The maximum absolute atomic E-state index is 12.4. The number of carboxylic acid groups (broad SMARTS) is 1. The summed E-state index contributed by atoms with van der Waals surface area (Å²) in [5.41, 5.74) is 4.63. The topological polar surface area (TPSA) is 116 Å². The molecule has 8 heteroatoms. The van der Waals surface area contributed by atoms with E-state index in [-0.39, 0.29) is 43.9 Å². The number of carbonyl (C=O) groups is 3. The highest BCUT2D eigenvalue weighted by atomic mass is 16.5. The lowest BCUT2D eigenvalue weighted by Gasteiger charge is -2.21. The Morgan fingerprint density at radius 3 is 2.32 bits per heavy atom. The summed E-state index contributed by atoms with van der Waals surface area (Å²) >= 11 is 0. The molecular formula is C26H30N2O6. The van der Waals surface area contributed by atoms with Crippen LogP contribution in [-0.2, 0) is 14.3 Å². The minimum absolute atomic E-state index is 0.0101. The molecule has 8 nitrogen and oxygen atoms in total. The molecule has 2 aromatic rings. The minimum Gasteiger partial charge on any atom is -0.480 e. The molecule has 1 fully saturated rings. The van der Waals surface area contributed by atoms with Gasteiger partial charge in [0.2, 0.25) is 5.91 Å². The molecule has 0 spiro atoms. The molecule has 2 aliphatic rings. The average molecular weight is 467 g/mol. The van der Waals surface area contributed by atoms with Gasteiger partial charge in [-0.2, -0.15) is 0 Å². The molecule has 0 radical (unpaired) electrons. The van der Waals surface area contributed by atoms with E-state index in [0.717, 1.165) is 11.1 Å². The van der Waals surface area contributed by atoms with E-state index < -0.39 is 24.2 Å². The second kappa shape index (κ2) is 10.3. The molecule has 2 aromatic carbocycles. The second-order valence-corrected chi connectivity index (χ2v) is 9.05. The van der Waals surface area contributed by atoms with Gasteiger partial charge in [0.15, 0.2) is 0 Å². The van der Waals surface area contributed by atoms with Crippen molar-refractivity contribution >= 4 is 18.0 Å². The molecule has 2 unspecified atom stereocenters. The van der Waals surface area contributed by atoms with Gasteiger partial charge in [-0.3, -0.25) is 4.79 Å². The normalized spacial score (nSPS) is 19.9. The third-order valence-electron chi connectivity index (χ3n) is 6.62. The highest BCUT2D eigenvalue weighted by molar-refractivity contribution is 5.84. The van der Waals surface area contributed by atoms with Crippen LogP contribution in [0.2, 0.25) is 0 Å². The Morgan fingerprint density at radius 1 is 1.09 bits per heavy atom. The van der Waals surface area contributed by atoms with Crippen molar-refractivity contribution < 1.29 is 29.3 Å². The van der Waals surface area contributed by atoms with Crippen LogP contribution in [0.5, 0.6) is 0 Å². The first-order chi connectivity index (χ1) is 16.3. The van der Waals surface area contributed by atoms with Gasteiger partial charge in [-0.05, 0) is 42.0 Å². The Bertz CT molecular complexity index is 1030. The minimum atomic E-state index is -1.10. The summed E-state index contributed by atoms with van der Waals surface area (Å²) in [6, 6.07) is 15.1. The Balaban J connectivity index is 1.23. The summed E-state index contributed by atoms with van der Waals surface area (Å²) in [4.78, 5) is 37.3. The highest BCUT2D eigenvalue weighted by Gasteiger charge is 2.38. The van der Waals surface area contributed by atoms with Gasteiger partial charge in [0.05, 0.1) is 6.10 Å². The molecule has 1 aliphatic carbocycles. The summed E-state index contributed by atoms with van der Waals surface area (Å²) in [7, 11) is 0. The number of β-amino-alcohol motifs (C(OH)–C–C–N with tert-alkyl or cyclic N) is 1. The van der Waals surface area contributed by atoms with Crippen molar-refractivity contribution in [3.8, 4) is 11.1 Å². The number of amides is 2. The molecule has 0 bridgehead atoms. The Morgan fingerprint density at radius 2 is 1.71 bits per heavy atom. The molecule has 34 heavy (non-hydrogen) atoms. The Labute approximate surface area is 198 Å². The lowest BCUT2D eigenvalue weighted by atomic mass is 9.98. The SMILES string of the molecule is CC(CCCC(=O)N1CC(O)C[C@H]1C(=O)O)NC(=O)OCC1c2ccccc2-c2ccccc21. The van der Waals surface area contributed by atoms with E-state index in [1.807, 2.05) is 31.2 Å². The van der Waals surface area contributed by atoms with Crippen molar-refractivity contribution in [1.29, 1.82) is 0 Å². The Hall–Kier alpha value is -3.39. The fourth-order valence-electron chi connectivity index (χ4n) is 4.94. The molecule has 1 aliphatic heterocycles. The number of nitrogens with zero attached hydrogens (tertiary/aromatic N) is 1. The fraction of sp³-hybridized carbons (Fsp3) is 0.423. The number of fused-ring (bicyclic) bond motifs is 3. The smallest absolute Gasteiger partial charge is 0.407 e. The molecule has 0 aromatic heterocycles. The van der Waals surface area contributed by atoms with Crippen LogP contribution in [0, 0.1) is 0 Å². The summed E-state index contributed by atoms with van der Waals surface area (Å²) in [5, 5.41) is 21.7. The van der Waals surface area contributed by atoms with Crippen LogP contribution in [0.4, 0.5) is 4.79 Å². The number of alkyl carbamates (subject to hydrolysis) is 1. The van der Waals surface area contributed by atoms with E-state index in [9.17, 15) is 24.6 Å². The van der Waals surface area contributed by atoms with Gasteiger partial charge in [0, 0.05) is 31.3 Å².